The number of amides is 1. The Labute approximate surface area is 167 Å². The first-order chi connectivity index (χ1) is 13.3. The summed E-state index contributed by atoms with van der Waals surface area (Å²) in [4.78, 5) is 14.9. The largest absolute Gasteiger partial charge is 0.507 e. The average Bonchev–Trinajstić information content (AvgIpc) is 2.67. The average molecular weight is 388 g/mol. The number of piperidine rings is 1. The first-order valence-electron chi connectivity index (χ1n) is 10.8. The number of hydrogen-bond acceptors (Lipinski definition) is 4. The zero-order chi connectivity index (χ0) is 20.1. The van der Waals surface area contributed by atoms with Gasteiger partial charge in [-0.3, -0.25) is 4.79 Å². The van der Waals surface area contributed by atoms with Crippen LogP contribution in [0.4, 0.5) is 0 Å². The van der Waals surface area contributed by atoms with Gasteiger partial charge < -0.3 is 19.8 Å². The van der Waals surface area contributed by atoms with Crippen molar-refractivity contribution in [3.8, 4) is 11.5 Å². The predicted octanol–water partition coefficient (Wildman–Crippen LogP) is 3.93. The van der Waals surface area contributed by atoms with Crippen LogP contribution in [0, 0.1) is 17.8 Å². The summed E-state index contributed by atoms with van der Waals surface area (Å²) in [6, 6.07) is 3.59. The minimum absolute atomic E-state index is 0.109. The summed E-state index contributed by atoms with van der Waals surface area (Å²) in [7, 11) is 0. The quantitative estimate of drug-likeness (QED) is 0.807. The smallest absolute Gasteiger partial charge is 0.257 e. The van der Waals surface area contributed by atoms with Crippen LogP contribution < -0.4 is 4.74 Å². The normalized spacial score (nSPS) is 29.6. The Morgan fingerprint density at radius 1 is 1.21 bits per heavy atom. The van der Waals surface area contributed by atoms with E-state index in [1.807, 2.05) is 11.0 Å². The molecule has 5 heteroatoms. The summed E-state index contributed by atoms with van der Waals surface area (Å²) < 4.78 is 6.30. The maximum Gasteiger partial charge on any atom is 0.257 e. The number of aromatic hydroxyl groups is 1. The van der Waals surface area contributed by atoms with E-state index >= 15 is 0 Å². The SMILES string of the molecule is C[C@@H]1CC[C@@H]2[C@@H](C1)c1c(ccc(C(=O)N3CCC(CO)CC3)c1O)OC2(C)C. The number of aliphatic hydroxyl groups is 1. The number of hydrogen-bond donors (Lipinski definition) is 2. The lowest BCUT2D eigenvalue weighted by Gasteiger charge is -2.49. The molecule has 2 N–H and O–H groups in total. The molecule has 1 amide bonds. The van der Waals surface area contributed by atoms with Crippen LogP contribution in [0.25, 0.3) is 0 Å². The van der Waals surface area contributed by atoms with Gasteiger partial charge in [-0.2, -0.15) is 0 Å². The van der Waals surface area contributed by atoms with Crippen LogP contribution in [0.1, 0.15) is 74.7 Å². The van der Waals surface area contributed by atoms with E-state index < -0.39 is 0 Å². The Kier molecular flexibility index (Phi) is 5.07. The number of benzene rings is 1. The number of phenolic OH excluding ortho intramolecular Hbond substituents is 1. The number of phenols is 1. The lowest BCUT2D eigenvalue weighted by molar-refractivity contribution is -0.0145. The molecule has 1 saturated heterocycles. The molecule has 1 saturated carbocycles. The molecule has 0 spiro atoms. The van der Waals surface area contributed by atoms with Gasteiger partial charge >= 0.3 is 0 Å². The lowest BCUT2D eigenvalue weighted by Crippen LogP contribution is -2.46. The molecule has 0 unspecified atom stereocenters. The molecule has 2 heterocycles. The Morgan fingerprint density at radius 3 is 2.61 bits per heavy atom. The maximum absolute atomic E-state index is 13.1. The number of nitrogens with zero attached hydrogens (tertiary/aromatic N) is 1. The first kappa shape index (κ1) is 19.6. The van der Waals surface area contributed by atoms with Gasteiger partial charge in [0.05, 0.1) is 5.56 Å². The number of fused-ring (bicyclic) bond motifs is 3. The Balaban J connectivity index is 1.66. The van der Waals surface area contributed by atoms with Crippen molar-refractivity contribution >= 4 is 5.91 Å². The molecule has 3 atom stereocenters. The van der Waals surface area contributed by atoms with E-state index in [9.17, 15) is 15.0 Å². The maximum atomic E-state index is 13.1. The van der Waals surface area contributed by atoms with Crippen molar-refractivity contribution in [2.45, 2.75) is 64.4 Å². The number of rotatable bonds is 2. The van der Waals surface area contributed by atoms with Crippen LogP contribution in [0.5, 0.6) is 11.5 Å². The molecule has 28 heavy (non-hydrogen) atoms. The highest BCUT2D eigenvalue weighted by molar-refractivity contribution is 5.97. The van der Waals surface area contributed by atoms with Crippen molar-refractivity contribution in [3.05, 3.63) is 23.3 Å². The molecule has 4 rings (SSSR count). The van der Waals surface area contributed by atoms with E-state index in [0.717, 1.165) is 37.0 Å². The van der Waals surface area contributed by atoms with Crippen molar-refractivity contribution in [2.24, 2.45) is 17.8 Å². The highest BCUT2D eigenvalue weighted by Crippen LogP contribution is 2.55. The van der Waals surface area contributed by atoms with E-state index in [1.54, 1.807) is 6.07 Å². The third kappa shape index (κ3) is 3.28. The van der Waals surface area contributed by atoms with Crippen molar-refractivity contribution in [2.75, 3.05) is 19.7 Å². The molecule has 3 aliphatic rings. The number of ether oxygens (including phenoxy) is 1. The fourth-order valence-corrected chi connectivity index (χ4v) is 5.59. The van der Waals surface area contributed by atoms with Crippen LogP contribution >= 0.6 is 0 Å². The van der Waals surface area contributed by atoms with Gasteiger partial charge in [-0.05, 0) is 69.4 Å². The monoisotopic (exact) mass is 387 g/mol. The van der Waals surface area contributed by atoms with Crippen molar-refractivity contribution in [1.29, 1.82) is 0 Å². The van der Waals surface area contributed by atoms with Crippen LogP contribution in [0.2, 0.25) is 0 Å². The molecule has 0 bridgehead atoms. The molecule has 154 valence electrons. The highest BCUT2D eigenvalue weighted by Gasteiger charge is 2.47. The number of carbonyl (C=O) groups excluding carboxylic acids is 1. The first-order valence-corrected chi connectivity index (χ1v) is 10.8. The third-order valence-corrected chi connectivity index (χ3v) is 7.32. The molecule has 0 radical (unpaired) electrons. The molecular formula is C23H33NO4. The summed E-state index contributed by atoms with van der Waals surface area (Å²) in [6.45, 7) is 8.01. The van der Waals surface area contributed by atoms with E-state index in [2.05, 4.69) is 20.8 Å². The van der Waals surface area contributed by atoms with Crippen molar-refractivity contribution in [1.82, 2.24) is 4.90 Å². The van der Waals surface area contributed by atoms with E-state index in [1.165, 1.54) is 6.42 Å². The zero-order valence-corrected chi connectivity index (χ0v) is 17.3. The van der Waals surface area contributed by atoms with Gasteiger partial charge in [0.25, 0.3) is 5.91 Å². The van der Waals surface area contributed by atoms with Gasteiger partial charge in [-0.15, -0.1) is 0 Å². The Bertz CT molecular complexity index is 751. The molecular weight excluding hydrogens is 354 g/mol. The second-order valence-corrected chi connectivity index (χ2v) is 9.63. The zero-order valence-electron chi connectivity index (χ0n) is 17.3. The minimum Gasteiger partial charge on any atom is -0.507 e. The Hall–Kier alpha value is -1.75. The molecule has 1 aromatic rings. The van der Waals surface area contributed by atoms with Gasteiger partial charge in [0.15, 0.2) is 0 Å². The lowest BCUT2D eigenvalue weighted by atomic mass is 9.64. The van der Waals surface area contributed by atoms with Gasteiger partial charge in [0, 0.05) is 31.2 Å². The summed E-state index contributed by atoms with van der Waals surface area (Å²) in [5.74, 6) is 2.21. The second-order valence-electron chi connectivity index (χ2n) is 9.63. The van der Waals surface area contributed by atoms with E-state index in [4.69, 9.17) is 4.74 Å². The molecule has 5 nitrogen and oxygen atoms in total. The fraction of sp³-hybridized carbons (Fsp3) is 0.696. The van der Waals surface area contributed by atoms with Crippen molar-refractivity contribution in [3.63, 3.8) is 0 Å². The number of carbonyl (C=O) groups is 1. The third-order valence-electron chi connectivity index (χ3n) is 7.32. The predicted molar refractivity (Wildman–Crippen MR) is 108 cm³/mol. The van der Waals surface area contributed by atoms with Gasteiger partial charge in [-0.25, -0.2) is 0 Å². The van der Waals surface area contributed by atoms with Crippen LogP contribution in [0.3, 0.4) is 0 Å². The van der Waals surface area contributed by atoms with Gasteiger partial charge in [0.2, 0.25) is 0 Å². The molecule has 1 aliphatic carbocycles. The Morgan fingerprint density at radius 2 is 1.93 bits per heavy atom. The van der Waals surface area contributed by atoms with Crippen LogP contribution in [-0.2, 0) is 0 Å². The second kappa shape index (κ2) is 7.25. The molecule has 2 aliphatic heterocycles. The molecule has 2 fully saturated rings. The summed E-state index contributed by atoms with van der Waals surface area (Å²) >= 11 is 0. The molecule has 1 aromatic carbocycles. The summed E-state index contributed by atoms with van der Waals surface area (Å²) in [5.41, 5.74) is 0.968. The topological polar surface area (TPSA) is 70.0 Å². The number of aliphatic hydroxyl groups excluding tert-OH is 1. The standard InChI is InChI=1S/C23H33NO4/c1-14-4-6-18-17(12-14)20-19(28-23(18,2)3)7-5-16(21(20)26)22(27)24-10-8-15(13-25)9-11-24/h5,7,14-15,17-18,25-26H,4,6,8-13H2,1-3H3/t14-,17-,18-/m1/s1. The highest BCUT2D eigenvalue weighted by atomic mass is 16.5. The van der Waals surface area contributed by atoms with Gasteiger partial charge in [0.1, 0.15) is 17.1 Å². The van der Waals surface area contributed by atoms with Gasteiger partial charge in [-0.1, -0.05) is 13.3 Å². The summed E-state index contributed by atoms with van der Waals surface area (Å²) in [6.07, 6.45) is 4.92. The van der Waals surface area contributed by atoms with E-state index in [0.29, 0.717) is 30.5 Å². The van der Waals surface area contributed by atoms with E-state index in [-0.39, 0.29) is 35.7 Å². The summed E-state index contributed by atoms with van der Waals surface area (Å²) in [5, 5.41) is 20.5. The fourth-order valence-electron chi connectivity index (χ4n) is 5.59. The minimum atomic E-state index is -0.262. The number of likely N-dealkylation sites (tertiary alicyclic amines) is 1. The van der Waals surface area contributed by atoms with Crippen LogP contribution in [0.15, 0.2) is 12.1 Å². The van der Waals surface area contributed by atoms with Crippen molar-refractivity contribution < 1.29 is 19.7 Å². The van der Waals surface area contributed by atoms with Crippen LogP contribution in [-0.4, -0.2) is 46.3 Å². The molecule has 0 aromatic heterocycles.